The van der Waals surface area contributed by atoms with Gasteiger partial charge in [0.2, 0.25) is 11.8 Å². The Morgan fingerprint density at radius 3 is 2.67 bits per heavy atom. The van der Waals surface area contributed by atoms with Crippen molar-refractivity contribution in [1.82, 2.24) is 10.2 Å². The molecule has 24 heavy (non-hydrogen) atoms. The molecule has 1 aliphatic rings. The third kappa shape index (κ3) is 5.08. The fraction of sp³-hybridized carbons (Fsp3) is 0.600. The van der Waals surface area contributed by atoms with Crippen molar-refractivity contribution in [1.29, 1.82) is 0 Å². The summed E-state index contributed by atoms with van der Waals surface area (Å²) in [5.41, 5.74) is 1.10. The molecule has 0 radical (unpaired) electrons. The normalized spacial score (nSPS) is 18.9. The van der Waals surface area contributed by atoms with E-state index in [2.05, 4.69) is 12.2 Å². The molecule has 0 aromatic heterocycles. The summed E-state index contributed by atoms with van der Waals surface area (Å²) in [6, 6.07) is 10.1. The van der Waals surface area contributed by atoms with E-state index in [-0.39, 0.29) is 17.7 Å². The molecule has 0 aliphatic carbocycles. The molecule has 2 amide bonds. The molecule has 1 fully saturated rings. The molecule has 4 nitrogen and oxygen atoms in total. The van der Waals surface area contributed by atoms with Crippen LogP contribution >= 0.6 is 0 Å². The number of benzene rings is 1. The predicted molar refractivity (Wildman–Crippen MR) is 96.7 cm³/mol. The summed E-state index contributed by atoms with van der Waals surface area (Å²) in [5, 5.41) is 3.01. The second-order valence-corrected chi connectivity index (χ2v) is 6.72. The van der Waals surface area contributed by atoms with Crippen LogP contribution in [-0.2, 0) is 9.59 Å². The lowest BCUT2D eigenvalue weighted by atomic mass is 9.92. The van der Waals surface area contributed by atoms with Gasteiger partial charge in [-0.15, -0.1) is 0 Å². The first-order valence-corrected chi connectivity index (χ1v) is 9.26. The van der Waals surface area contributed by atoms with Crippen LogP contribution in [0.3, 0.4) is 0 Å². The Hall–Kier alpha value is -1.84. The molecule has 4 heteroatoms. The molecule has 0 unspecified atom stereocenters. The van der Waals surface area contributed by atoms with Crippen molar-refractivity contribution in [3.63, 3.8) is 0 Å². The Kier molecular flexibility index (Phi) is 7.29. The van der Waals surface area contributed by atoms with E-state index in [0.717, 1.165) is 44.3 Å². The summed E-state index contributed by atoms with van der Waals surface area (Å²) >= 11 is 0. The average Bonchev–Trinajstić information content (AvgIpc) is 2.62. The molecule has 1 aromatic rings. The highest BCUT2D eigenvalue weighted by Gasteiger charge is 2.28. The molecule has 0 bridgehead atoms. The minimum Gasteiger partial charge on any atom is -0.356 e. The lowest BCUT2D eigenvalue weighted by Gasteiger charge is -2.35. The van der Waals surface area contributed by atoms with Gasteiger partial charge in [0.25, 0.3) is 0 Å². The van der Waals surface area contributed by atoms with Crippen LogP contribution < -0.4 is 5.32 Å². The summed E-state index contributed by atoms with van der Waals surface area (Å²) in [7, 11) is 0. The topological polar surface area (TPSA) is 49.4 Å². The summed E-state index contributed by atoms with van der Waals surface area (Å²) in [6.45, 7) is 6.36. The van der Waals surface area contributed by atoms with Gasteiger partial charge in [-0.1, -0.05) is 44.2 Å². The van der Waals surface area contributed by atoms with Gasteiger partial charge in [-0.25, -0.2) is 0 Å². The number of hydrogen-bond donors (Lipinski definition) is 1. The Bertz CT molecular complexity index is 530. The number of amides is 2. The Balaban J connectivity index is 1.93. The van der Waals surface area contributed by atoms with Crippen molar-refractivity contribution in [2.24, 2.45) is 5.92 Å². The third-order valence-corrected chi connectivity index (χ3v) is 4.80. The fourth-order valence-corrected chi connectivity index (χ4v) is 3.46. The van der Waals surface area contributed by atoms with Crippen molar-refractivity contribution < 1.29 is 9.59 Å². The number of rotatable bonds is 7. The van der Waals surface area contributed by atoms with Gasteiger partial charge in [0.1, 0.15) is 0 Å². The molecule has 1 saturated heterocycles. The lowest BCUT2D eigenvalue weighted by Crippen LogP contribution is -2.45. The van der Waals surface area contributed by atoms with Gasteiger partial charge in [-0.05, 0) is 37.2 Å². The summed E-state index contributed by atoms with van der Waals surface area (Å²) in [4.78, 5) is 26.6. The van der Waals surface area contributed by atoms with Gasteiger partial charge in [-0.2, -0.15) is 0 Å². The standard InChI is InChI=1S/C20H30N2O2/c1-3-9-19(23)21-14-16-10-8-13-22(15-16)20(24)18(4-2)17-11-6-5-7-12-17/h5-7,11-12,16,18H,3-4,8-10,13-15H2,1-2H3,(H,21,23)/t16-,18-/m0/s1. The molecule has 132 valence electrons. The van der Waals surface area contributed by atoms with Crippen LogP contribution in [0.5, 0.6) is 0 Å². The second kappa shape index (κ2) is 9.45. The number of nitrogens with zero attached hydrogens (tertiary/aromatic N) is 1. The molecule has 2 rings (SSSR count). The van der Waals surface area contributed by atoms with Crippen LogP contribution in [-0.4, -0.2) is 36.3 Å². The minimum absolute atomic E-state index is 0.0559. The highest BCUT2D eigenvalue weighted by atomic mass is 16.2. The van der Waals surface area contributed by atoms with Crippen molar-refractivity contribution >= 4 is 11.8 Å². The maximum absolute atomic E-state index is 13.0. The van der Waals surface area contributed by atoms with Crippen LogP contribution in [0.4, 0.5) is 0 Å². The van der Waals surface area contributed by atoms with Crippen molar-refractivity contribution in [3.8, 4) is 0 Å². The van der Waals surface area contributed by atoms with Gasteiger partial charge in [0.05, 0.1) is 5.92 Å². The maximum atomic E-state index is 13.0. The van der Waals surface area contributed by atoms with Crippen molar-refractivity contribution in [2.75, 3.05) is 19.6 Å². The average molecular weight is 330 g/mol. The highest BCUT2D eigenvalue weighted by Crippen LogP contribution is 2.25. The van der Waals surface area contributed by atoms with Gasteiger partial charge < -0.3 is 10.2 Å². The smallest absolute Gasteiger partial charge is 0.230 e. The molecule has 1 heterocycles. The first-order valence-electron chi connectivity index (χ1n) is 9.26. The minimum atomic E-state index is -0.0559. The summed E-state index contributed by atoms with van der Waals surface area (Å²) in [5.74, 6) is 0.668. The van der Waals surface area contributed by atoms with E-state index in [1.807, 2.05) is 42.2 Å². The van der Waals surface area contributed by atoms with Gasteiger partial charge in [0.15, 0.2) is 0 Å². The molecule has 0 saturated carbocycles. The summed E-state index contributed by atoms with van der Waals surface area (Å²) in [6.07, 6.45) is 4.37. The number of carbonyl (C=O) groups excluding carboxylic acids is 2. The van der Waals surface area contributed by atoms with E-state index < -0.39 is 0 Å². The largest absolute Gasteiger partial charge is 0.356 e. The zero-order chi connectivity index (χ0) is 17.4. The lowest BCUT2D eigenvalue weighted by molar-refractivity contribution is -0.134. The third-order valence-electron chi connectivity index (χ3n) is 4.80. The second-order valence-electron chi connectivity index (χ2n) is 6.72. The zero-order valence-corrected chi connectivity index (χ0v) is 15.0. The van der Waals surface area contributed by atoms with E-state index >= 15 is 0 Å². The molecular weight excluding hydrogens is 300 g/mol. The number of nitrogens with one attached hydrogen (secondary N) is 1. The number of piperidine rings is 1. The molecular formula is C20H30N2O2. The molecule has 1 aliphatic heterocycles. The van der Waals surface area contributed by atoms with Gasteiger partial charge >= 0.3 is 0 Å². The van der Waals surface area contributed by atoms with Crippen molar-refractivity contribution in [3.05, 3.63) is 35.9 Å². The maximum Gasteiger partial charge on any atom is 0.230 e. The van der Waals surface area contributed by atoms with Crippen LogP contribution in [0.1, 0.15) is 57.4 Å². The van der Waals surface area contributed by atoms with Crippen LogP contribution in [0.15, 0.2) is 30.3 Å². The monoisotopic (exact) mass is 330 g/mol. The van der Waals surface area contributed by atoms with E-state index in [4.69, 9.17) is 0 Å². The molecule has 0 spiro atoms. The fourth-order valence-electron chi connectivity index (χ4n) is 3.46. The first-order chi connectivity index (χ1) is 11.7. The van der Waals surface area contributed by atoms with E-state index in [9.17, 15) is 9.59 Å². The number of carbonyl (C=O) groups is 2. The van der Waals surface area contributed by atoms with E-state index in [1.165, 1.54) is 0 Å². The predicted octanol–water partition coefficient (Wildman–Crippen LogP) is 3.34. The van der Waals surface area contributed by atoms with E-state index in [0.29, 0.717) is 18.9 Å². The quantitative estimate of drug-likeness (QED) is 0.833. The number of likely N-dealkylation sites (tertiary alicyclic amines) is 1. The van der Waals surface area contributed by atoms with E-state index in [1.54, 1.807) is 0 Å². The zero-order valence-electron chi connectivity index (χ0n) is 15.0. The van der Waals surface area contributed by atoms with Crippen LogP contribution in [0.25, 0.3) is 0 Å². The summed E-state index contributed by atoms with van der Waals surface area (Å²) < 4.78 is 0. The van der Waals surface area contributed by atoms with Crippen LogP contribution in [0.2, 0.25) is 0 Å². The molecule has 2 atom stereocenters. The SMILES string of the molecule is CCCC(=O)NC[C@@H]1CCCN(C(=O)[C@@H](CC)c2ccccc2)C1. The van der Waals surface area contributed by atoms with Crippen molar-refractivity contribution in [2.45, 2.75) is 51.9 Å². The Labute approximate surface area is 145 Å². The Morgan fingerprint density at radius 2 is 2.00 bits per heavy atom. The molecule has 1 aromatic carbocycles. The Morgan fingerprint density at radius 1 is 1.25 bits per heavy atom. The highest BCUT2D eigenvalue weighted by molar-refractivity contribution is 5.83. The first kappa shape index (κ1) is 18.5. The number of hydrogen-bond acceptors (Lipinski definition) is 2. The molecule has 1 N–H and O–H groups in total. The van der Waals surface area contributed by atoms with Gasteiger partial charge in [-0.3, -0.25) is 9.59 Å². The van der Waals surface area contributed by atoms with Gasteiger partial charge in [0, 0.05) is 26.1 Å². The van der Waals surface area contributed by atoms with Crippen LogP contribution in [0, 0.1) is 5.92 Å².